The van der Waals surface area contributed by atoms with Gasteiger partial charge in [0.1, 0.15) is 0 Å². The van der Waals surface area contributed by atoms with Gasteiger partial charge in [-0.15, -0.1) is 0 Å². The molecule has 2 aliphatic rings. The van der Waals surface area contributed by atoms with Crippen LogP contribution in [0.3, 0.4) is 0 Å². The van der Waals surface area contributed by atoms with Gasteiger partial charge >= 0.3 is 0 Å². The van der Waals surface area contributed by atoms with E-state index in [0.29, 0.717) is 12.0 Å². The number of likely N-dealkylation sites (tertiary alicyclic amines) is 1. The molecule has 0 spiro atoms. The van der Waals surface area contributed by atoms with Crippen molar-refractivity contribution < 1.29 is 0 Å². The van der Waals surface area contributed by atoms with Crippen molar-refractivity contribution in [1.29, 1.82) is 0 Å². The van der Waals surface area contributed by atoms with Crippen molar-refractivity contribution in [2.75, 3.05) is 6.54 Å². The smallest absolute Gasteiger partial charge is 0.0736 e. The van der Waals surface area contributed by atoms with Crippen LogP contribution in [-0.4, -0.2) is 29.2 Å². The first-order valence-corrected chi connectivity index (χ1v) is 6.64. The highest BCUT2D eigenvalue weighted by Crippen LogP contribution is 2.36. The van der Waals surface area contributed by atoms with Crippen molar-refractivity contribution in [3.8, 4) is 0 Å². The van der Waals surface area contributed by atoms with E-state index in [9.17, 15) is 0 Å². The van der Waals surface area contributed by atoms with Gasteiger partial charge in [0.15, 0.2) is 0 Å². The summed E-state index contributed by atoms with van der Waals surface area (Å²) in [5.41, 5.74) is 14.1. The fourth-order valence-electron chi connectivity index (χ4n) is 3.29. The highest BCUT2D eigenvalue weighted by Gasteiger charge is 2.52. The first kappa shape index (κ1) is 12.1. The van der Waals surface area contributed by atoms with Crippen molar-refractivity contribution in [2.24, 2.45) is 11.7 Å². The van der Waals surface area contributed by atoms with Gasteiger partial charge in [0, 0.05) is 30.6 Å². The largest absolute Gasteiger partial charge is 0.315 e. The number of benzene rings is 1. The van der Waals surface area contributed by atoms with Gasteiger partial charge in [-0.1, -0.05) is 30.3 Å². The lowest BCUT2D eigenvalue weighted by molar-refractivity contribution is 0.137. The fourth-order valence-corrected chi connectivity index (χ4v) is 3.29. The molecular formula is C14H22N4. The van der Waals surface area contributed by atoms with E-state index in [2.05, 4.69) is 59.9 Å². The van der Waals surface area contributed by atoms with Crippen LogP contribution < -0.4 is 16.6 Å². The Kier molecular flexibility index (Phi) is 2.90. The van der Waals surface area contributed by atoms with Crippen molar-refractivity contribution in [3.05, 3.63) is 35.9 Å². The van der Waals surface area contributed by atoms with E-state index in [1.807, 2.05) is 0 Å². The maximum absolute atomic E-state index is 6.10. The molecule has 4 N–H and O–H groups in total. The molecule has 0 aromatic heterocycles. The molecule has 98 valence electrons. The fraction of sp³-hybridized carbons (Fsp3) is 0.571. The average Bonchev–Trinajstić information content (AvgIpc) is 2.82. The number of nitrogens with two attached hydrogens (primary N) is 1. The highest BCUT2D eigenvalue weighted by molar-refractivity contribution is 5.17. The minimum Gasteiger partial charge on any atom is -0.315 e. The maximum Gasteiger partial charge on any atom is 0.0736 e. The number of hydrazine groups is 1. The first-order chi connectivity index (χ1) is 8.59. The normalized spacial score (nSPS) is 34.7. The molecule has 18 heavy (non-hydrogen) atoms. The molecule has 3 atom stereocenters. The lowest BCUT2D eigenvalue weighted by atomic mass is 9.90. The molecule has 0 saturated carbocycles. The van der Waals surface area contributed by atoms with Gasteiger partial charge in [-0.25, -0.2) is 5.43 Å². The molecule has 0 radical (unpaired) electrons. The second-order valence-corrected chi connectivity index (χ2v) is 5.98. The van der Waals surface area contributed by atoms with Gasteiger partial charge in [0.25, 0.3) is 0 Å². The highest BCUT2D eigenvalue weighted by atomic mass is 15.5. The van der Waals surface area contributed by atoms with Crippen LogP contribution in [-0.2, 0) is 6.54 Å². The van der Waals surface area contributed by atoms with Gasteiger partial charge in [-0.2, -0.15) is 0 Å². The lowest BCUT2D eigenvalue weighted by Gasteiger charge is -2.35. The number of hydrogen-bond acceptors (Lipinski definition) is 4. The zero-order valence-corrected chi connectivity index (χ0v) is 11.1. The van der Waals surface area contributed by atoms with Crippen LogP contribution in [0.2, 0.25) is 0 Å². The van der Waals surface area contributed by atoms with Crippen molar-refractivity contribution >= 4 is 0 Å². The van der Waals surface area contributed by atoms with Crippen molar-refractivity contribution in [2.45, 2.75) is 38.1 Å². The van der Waals surface area contributed by atoms with Crippen molar-refractivity contribution in [1.82, 2.24) is 15.8 Å². The van der Waals surface area contributed by atoms with Crippen LogP contribution in [0.25, 0.3) is 0 Å². The Morgan fingerprint density at radius 3 is 2.67 bits per heavy atom. The van der Waals surface area contributed by atoms with E-state index in [0.717, 1.165) is 13.1 Å². The molecule has 2 fully saturated rings. The van der Waals surface area contributed by atoms with Gasteiger partial charge in [0.05, 0.1) is 6.17 Å². The van der Waals surface area contributed by atoms with E-state index in [1.54, 1.807) is 0 Å². The second kappa shape index (κ2) is 4.31. The molecule has 0 aliphatic carbocycles. The molecule has 4 nitrogen and oxygen atoms in total. The molecular weight excluding hydrogens is 224 g/mol. The zero-order valence-electron chi connectivity index (χ0n) is 11.1. The van der Waals surface area contributed by atoms with E-state index < -0.39 is 0 Å². The van der Waals surface area contributed by atoms with E-state index >= 15 is 0 Å². The van der Waals surface area contributed by atoms with Crippen LogP contribution in [0.15, 0.2) is 30.3 Å². The molecule has 0 amide bonds. The molecule has 3 rings (SSSR count). The summed E-state index contributed by atoms with van der Waals surface area (Å²) in [6, 6.07) is 11.1. The number of hydrogen-bond donors (Lipinski definition) is 3. The third-order valence-electron chi connectivity index (χ3n) is 4.52. The summed E-state index contributed by atoms with van der Waals surface area (Å²) >= 11 is 0. The Morgan fingerprint density at radius 2 is 2.00 bits per heavy atom. The average molecular weight is 246 g/mol. The number of nitrogens with zero attached hydrogens (tertiary/aromatic N) is 1. The summed E-state index contributed by atoms with van der Waals surface area (Å²) in [6.07, 6.45) is 0.0649. The molecule has 3 unspecified atom stereocenters. The molecule has 1 aromatic carbocycles. The van der Waals surface area contributed by atoms with Gasteiger partial charge < -0.3 is 5.73 Å². The topological polar surface area (TPSA) is 53.3 Å². The summed E-state index contributed by atoms with van der Waals surface area (Å²) in [7, 11) is 0. The predicted octanol–water partition coefficient (Wildman–Crippen LogP) is 0.658. The third kappa shape index (κ3) is 1.86. The zero-order chi connectivity index (χ0) is 12.8. The van der Waals surface area contributed by atoms with Crippen LogP contribution in [0.5, 0.6) is 0 Å². The molecule has 2 heterocycles. The number of nitrogens with one attached hydrogen (secondary N) is 2. The van der Waals surface area contributed by atoms with Crippen molar-refractivity contribution in [3.63, 3.8) is 0 Å². The Bertz CT molecular complexity index is 417. The summed E-state index contributed by atoms with van der Waals surface area (Å²) in [5, 5.41) is 0. The summed E-state index contributed by atoms with van der Waals surface area (Å²) in [4.78, 5) is 2.53. The first-order valence-electron chi connectivity index (χ1n) is 6.64. The number of fused-ring (bicyclic) bond motifs is 1. The Balaban J connectivity index is 1.78. The standard InChI is InChI=1S/C14H22N4/c1-14(2)12-11(13(15)17-16-12)9-18(14)8-10-6-4-3-5-7-10/h3-7,11-13,16-17H,8-9,15H2,1-2H3. The summed E-state index contributed by atoms with van der Waals surface area (Å²) < 4.78 is 0. The van der Waals surface area contributed by atoms with Gasteiger partial charge in [-0.3, -0.25) is 10.3 Å². The van der Waals surface area contributed by atoms with E-state index in [-0.39, 0.29) is 11.7 Å². The Labute approximate surface area is 109 Å². The third-order valence-corrected chi connectivity index (χ3v) is 4.52. The van der Waals surface area contributed by atoms with Gasteiger partial charge in [-0.05, 0) is 19.4 Å². The Morgan fingerprint density at radius 1 is 1.28 bits per heavy atom. The SMILES string of the molecule is CC1(C)C2NNC(N)C2CN1Cc1ccccc1. The molecule has 4 heteroatoms. The molecule has 1 aromatic rings. The summed E-state index contributed by atoms with van der Waals surface area (Å²) in [5.74, 6) is 0.490. The molecule has 2 aliphatic heterocycles. The second-order valence-electron chi connectivity index (χ2n) is 5.98. The van der Waals surface area contributed by atoms with Crippen LogP contribution in [0, 0.1) is 5.92 Å². The van der Waals surface area contributed by atoms with E-state index in [4.69, 9.17) is 5.73 Å². The van der Waals surface area contributed by atoms with Gasteiger partial charge in [0.2, 0.25) is 0 Å². The maximum atomic E-state index is 6.10. The monoisotopic (exact) mass is 246 g/mol. The lowest BCUT2D eigenvalue weighted by Crippen LogP contribution is -2.52. The predicted molar refractivity (Wildman–Crippen MR) is 72.5 cm³/mol. The van der Waals surface area contributed by atoms with Crippen LogP contribution in [0.4, 0.5) is 0 Å². The minimum atomic E-state index is 0.0649. The van der Waals surface area contributed by atoms with E-state index in [1.165, 1.54) is 5.56 Å². The minimum absolute atomic E-state index is 0.0649. The number of rotatable bonds is 2. The van der Waals surface area contributed by atoms with Crippen LogP contribution >= 0.6 is 0 Å². The van der Waals surface area contributed by atoms with Crippen LogP contribution in [0.1, 0.15) is 19.4 Å². The quantitative estimate of drug-likeness (QED) is 0.717. The molecule has 0 bridgehead atoms. The Hall–Kier alpha value is -0.940. The molecule has 2 saturated heterocycles. The summed E-state index contributed by atoms with van der Waals surface area (Å²) in [6.45, 7) is 6.64.